The number of hydrogen-bond acceptors (Lipinski definition) is 4. The van der Waals surface area contributed by atoms with Gasteiger partial charge in [0, 0.05) is 37.4 Å². The molecular weight excluding hydrogens is 254 g/mol. The van der Waals surface area contributed by atoms with Crippen LogP contribution in [0.15, 0.2) is 24.5 Å². The average Bonchev–Trinajstić information content (AvgIpc) is 2.37. The smallest absolute Gasteiger partial charge is 0.410 e. The van der Waals surface area contributed by atoms with Gasteiger partial charge in [0.2, 0.25) is 0 Å². The number of pyridine rings is 1. The molecule has 2 N–H and O–H groups in total. The highest BCUT2D eigenvalue weighted by molar-refractivity contribution is 5.68. The molecule has 20 heavy (non-hydrogen) atoms. The second-order valence-corrected chi connectivity index (χ2v) is 6.27. The van der Waals surface area contributed by atoms with Crippen LogP contribution in [0.2, 0.25) is 0 Å². The Balaban J connectivity index is 1.97. The fourth-order valence-electron chi connectivity index (χ4n) is 2.50. The van der Waals surface area contributed by atoms with Crippen LogP contribution in [-0.4, -0.2) is 40.7 Å². The first-order valence-electron chi connectivity index (χ1n) is 7.00. The zero-order valence-electron chi connectivity index (χ0n) is 12.4. The molecule has 0 bridgehead atoms. The van der Waals surface area contributed by atoms with Crippen molar-refractivity contribution in [1.29, 1.82) is 0 Å². The molecule has 0 radical (unpaired) electrons. The summed E-state index contributed by atoms with van der Waals surface area (Å²) >= 11 is 0. The van der Waals surface area contributed by atoms with Crippen molar-refractivity contribution in [1.82, 2.24) is 9.88 Å². The predicted octanol–water partition coefficient (Wildman–Crippen LogP) is 2.13. The number of piperidine rings is 1. The Hall–Kier alpha value is -1.62. The minimum Gasteiger partial charge on any atom is -0.444 e. The van der Waals surface area contributed by atoms with E-state index in [2.05, 4.69) is 4.98 Å². The maximum Gasteiger partial charge on any atom is 0.410 e. The molecule has 0 aromatic carbocycles. The fourth-order valence-corrected chi connectivity index (χ4v) is 2.50. The zero-order valence-corrected chi connectivity index (χ0v) is 12.4. The van der Waals surface area contributed by atoms with E-state index in [1.807, 2.05) is 32.9 Å². The SMILES string of the molecule is CC(C)(C)OC(=O)N1CC[C@H](c2ccncc2)[C@@H](N)C1. The van der Waals surface area contributed by atoms with Crippen molar-refractivity contribution in [2.24, 2.45) is 5.73 Å². The standard InChI is InChI=1S/C15H23N3O2/c1-15(2,3)20-14(19)18-9-6-12(13(16)10-18)11-4-7-17-8-5-11/h4-5,7-8,12-13H,6,9-10,16H2,1-3H3/t12-,13+/m1/s1. The van der Waals surface area contributed by atoms with Crippen molar-refractivity contribution in [2.75, 3.05) is 13.1 Å². The Bertz CT molecular complexity index is 456. The van der Waals surface area contributed by atoms with Crippen LogP contribution in [0.1, 0.15) is 38.7 Å². The normalized spacial score (nSPS) is 23.5. The number of likely N-dealkylation sites (tertiary alicyclic amines) is 1. The van der Waals surface area contributed by atoms with Gasteiger partial charge in [-0.2, -0.15) is 0 Å². The Kier molecular flexibility index (Phi) is 4.28. The molecule has 1 aromatic rings. The first-order valence-corrected chi connectivity index (χ1v) is 7.00. The molecule has 5 nitrogen and oxygen atoms in total. The largest absolute Gasteiger partial charge is 0.444 e. The number of nitrogens with two attached hydrogens (primary N) is 1. The molecule has 0 saturated carbocycles. The lowest BCUT2D eigenvalue weighted by atomic mass is 9.86. The third-order valence-electron chi connectivity index (χ3n) is 3.44. The summed E-state index contributed by atoms with van der Waals surface area (Å²) < 4.78 is 5.39. The predicted molar refractivity (Wildman–Crippen MR) is 77.4 cm³/mol. The first kappa shape index (κ1) is 14.8. The van der Waals surface area contributed by atoms with E-state index in [0.717, 1.165) is 6.42 Å². The van der Waals surface area contributed by atoms with E-state index >= 15 is 0 Å². The van der Waals surface area contributed by atoms with E-state index in [1.54, 1.807) is 17.3 Å². The van der Waals surface area contributed by atoms with Crippen molar-refractivity contribution >= 4 is 6.09 Å². The monoisotopic (exact) mass is 277 g/mol. The molecule has 110 valence electrons. The van der Waals surface area contributed by atoms with Crippen molar-refractivity contribution < 1.29 is 9.53 Å². The summed E-state index contributed by atoms with van der Waals surface area (Å²) in [6, 6.07) is 3.92. The van der Waals surface area contributed by atoms with E-state index in [0.29, 0.717) is 13.1 Å². The van der Waals surface area contributed by atoms with Gasteiger partial charge in [0.25, 0.3) is 0 Å². The van der Waals surface area contributed by atoms with E-state index in [-0.39, 0.29) is 18.1 Å². The highest BCUT2D eigenvalue weighted by Crippen LogP contribution is 2.27. The molecule has 1 amide bonds. The average molecular weight is 277 g/mol. The van der Waals surface area contributed by atoms with Crippen LogP contribution < -0.4 is 5.73 Å². The first-order chi connectivity index (χ1) is 9.37. The van der Waals surface area contributed by atoms with Gasteiger partial charge >= 0.3 is 6.09 Å². The van der Waals surface area contributed by atoms with Gasteiger partial charge < -0.3 is 15.4 Å². The van der Waals surface area contributed by atoms with Crippen LogP contribution >= 0.6 is 0 Å². The highest BCUT2D eigenvalue weighted by atomic mass is 16.6. The topological polar surface area (TPSA) is 68.5 Å². The van der Waals surface area contributed by atoms with Crippen LogP contribution in [0.4, 0.5) is 4.79 Å². The molecule has 0 spiro atoms. The van der Waals surface area contributed by atoms with Crippen LogP contribution in [0.25, 0.3) is 0 Å². The molecule has 2 rings (SSSR count). The second kappa shape index (κ2) is 5.79. The Labute approximate surface area is 120 Å². The van der Waals surface area contributed by atoms with Crippen LogP contribution in [0, 0.1) is 0 Å². The minimum absolute atomic E-state index is 0.0707. The Morgan fingerprint density at radius 1 is 1.40 bits per heavy atom. The summed E-state index contributed by atoms with van der Waals surface area (Å²) in [6.45, 7) is 6.81. The van der Waals surface area contributed by atoms with Gasteiger partial charge in [-0.15, -0.1) is 0 Å². The van der Waals surface area contributed by atoms with Gasteiger partial charge in [-0.05, 0) is 44.9 Å². The van der Waals surface area contributed by atoms with Crippen LogP contribution in [0.5, 0.6) is 0 Å². The van der Waals surface area contributed by atoms with Gasteiger partial charge in [-0.3, -0.25) is 4.98 Å². The highest BCUT2D eigenvalue weighted by Gasteiger charge is 2.32. The lowest BCUT2D eigenvalue weighted by Crippen LogP contribution is -2.50. The van der Waals surface area contributed by atoms with Gasteiger partial charge in [0.05, 0.1) is 0 Å². The van der Waals surface area contributed by atoms with Crippen LogP contribution in [-0.2, 0) is 4.74 Å². The molecule has 1 aromatic heterocycles. The minimum atomic E-state index is -0.469. The fraction of sp³-hybridized carbons (Fsp3) is 0.600. The molecule has 1 aliphatic rings. The molecule has 1 saturated heterocycles. The third-order valence-corrected chi connectivity index (χ3v) is 3.44. The number of rotatable bonds is 1. The molecule has 1 aliphatic heterocycles. The van der Waals surface area contributed by atoms with E-state index in [4.69, 9.17) is 10.5 Å². The number of ether oxygens (including phenoxy) is 1. The molecule has 2 heterocycles. The quantitative estimate of drug-likeness (QED) is 0.854. The van der Waals surface area contributed by atoms with Crippen LogP contribution in [0.3, 0.4) is 0 Å². The molecular formula is C15H23N3O2. The number of hydrogen-bond donors (Lipinski definition) is 1. The summed E-state index contributed by atoms with van der Waals surface area (Å²) in [7, 11) is 0. The third kappa shape index (κ3) is 3.70. The molecule has 0 aliphatic carbocycles. The molecule has 0 unspecified atom stereocenters. The Morgan fingerprint density at radius 2 is 2.05 bits per heavy atom. The Morgan fingerprint density at radius 3 is 2.60 bits per heavy atom. The zero-order chi connectivity index (χ0) is 14.8. The molecule has 1 fully saturated rings. The van der Waals surface area contributed by atoms with Crippen molar-refractivity contribution in [3.05, 3.63) is 30.1 Å². The van der Waals surface area contributed by atoms with Crippen molar-refractivity contribution in [3.8, 4) is 0 Å². The summed E-state index contributed by atoms with van der Waals surface area (Å²) in [5, 5.41) is 0. The number of carbonyl (C=O) groups is 1. The van der Waals surface area contributed by atoms with E-state index in [1.165, 1.54) is 5.56 Å². The summed E-state index contributed by atoms with van der Waals surface area (Å²) in [5.74, 6) is 0.275. The number of amides is 1. The number of carbonyl (C=O) groups excluding carboxylic acids is 1. The lowest BCUT2D eigenvalue weighted by Gasteiger charge is -2.37. The van der Waals surface area contributed by atoms with Crippen molar-refractivity contribution in [2.45, 2.75) is 44.8 Å². The van der Waals surface area contributed by atoms with E-state index < -0.39 is 5.60 Å². The lowest BCUT2D eigenvalue weighted by molar-refractivity contribution is 0.0186. The van der Waals surface area contributed by atoms with Gasteiger partial charge in [0.15, 0.2) is 0 Å². The summed E-state index contributed by atoms with van der Waals surface area (Å²) in [6.07, 6.45) is 4.13. The maximum absolute atomic E-state index is 12.0. The summed E-state index contributed by atoms with van der Waals surface area (Å²) in [5.41, 5.74) is 6.96. The van der Waals surface area contributed by atoms with E-state index in [9.17, 15) is 4.79 Å². The second-order valence-electron chi connectivity index (χ2n) is 6.27. The molecule has 5 heteroatoms. The van der Waals surface area contributed by atoms with Gasteiger partial charge in [0.1, 0.15) is 5.60 Å². The number of nitrogens with zero attached hydrogens (tertiary/aromatic N) is 2. The van der Waals surface area contributed by atoms with Gasteiger partial charge in [-0.1, -0.05) is 0 Å². The number of aromatic nitrogens is 1. The molecule has 2 atom stereocenters. The van der Waals surface area contributed by atoms with Gasteiger partial charge in [-0.25, -0.2) is 4.79 Å². The van der Waals surface area contributed by atoms with Crippen molar-refractivity contribution in [3.63, 3.8) is 0 Å². The summed E-state index contributed by atoms with van der Waals surface area (Å²) in [4.78, 5) is 17.8. The maximum atomic E-state index is 12.0.